The molecule has 0 amide bonds. The molecule has 1 aromatic carbocycles. The molecule has 0 saturated carbocycles. The van der Waals surface area contributed by atoms with Gasteiger partial charge in [-0.05, 0) is 49.6 Å². The lowest BCUT2D eigenvalue weighted by Gasteiger charge is -2.23. The third-order valence-electron chi connectivity index (χ3n) is 4.46. The van der Waals surface area contributed by atoms with E-state index in [2.05, 4.69) is 10.1 Å². The Kier molecular flexibility index (Phi) is 4.45. The van der Waals surface area contributed by atoms with Crippen molar-refractivity contribution < 1.29 is 9.66 Å². The van der Waals surface area contributed by atoms with E-state index in [9.17, 15) is 10.1 Å². The number of nitro groups is 1. The summed E-state index contributed by atoms with van der Waals surface area (Å²) in [6, 6.07) is 10.5. The summed E-state index contributed by atoms with van der Waals surface area (Å²) < 4.78 is 7.62. The summed E-state index contributed by atoms with van der Waals surface area (Å²) in [5, 5.41) is 16.7. The van der Waals surface area contributed by atoms with E-state index < -0.39 is 0 Å². The Morgan fingerprint density at radius 1 is 1.23 bits per heavy atom. The largest absolute Gasteiger partial charge is 0.356 e. The molecule has 1 atom stereocenters. The van der Waals surface area contributed by atoms with Crippen LogP contribution in [0.25, 0.3) is 23.1 Å². The summed E-state index contributed by atoms with van der Waals surface area (Å²) in [6.07, 6.45) is 8.25. The molecule has 1 aliphatic heterocycles. The van der Waals surface area contributed by atoms with Crippen LogP contribution < -0.4 is 0 Å². The Morgan fingerprint density at radius 2 is 2.15 bits per heavy atom. The topological polar surface area (TPSA) is 83.1 Å². The van der Waals surface area contributed by atoms with Crippen LogP contribution >= 0.6 is 0 Å². The number of ether oxygens (including phenoxy) is 1. The van der Waals surface area contributed by atoms with Crippen molar-refractivity contribution in [2.24, 2.45) is 0 Å². The zero-order chi connectivity index (χ0) is 17.9. The highest BCUT2D eigenvalue weighted by atomic mass is 16.6. The molecule has 132 valence electrons. The van der Waals surface area contributed by atoms with Gasteiger partial charge in [0.1, 0.15) is 0 Å². The second kappa shape index (κ2) is 7.05. The van der Waals surface area contributed by atoms with Gasteiger partial charge in [0.25, 0.3) is 5.69 Å². The third kappa shape index (κ3) is 3.21. The molecular formula is C19H18N4O3. The SMILES string of the molecule is O=[N+]([O-])c1ccc2c(/C=C/c3ccccn3)nn([C@@H]3CCCCO3)c2c1. The van der Waals surface area contributed by atoms with E-state index in [0.717, 1.165) is 36.0 Å². The Hall–Kier alpha value is -3.06. The molecule has 1 saturated heterocycles. The highest BCUT2D eigenvalue weighted by Crippen LogP contribution is 2.31. The summed E-state index contributed by atoms with van der Waals surface area (Å²) in [5.41, 5.74) is 2.34. The first-order chi connectivity index (χ1) is 12.7. The number of hydrogen-bond acceptors (Lipinski definition) is 5. The first kappa shape index (κ1) is 16.4. The summed E-state index contributed by atoms with van der Waals surface area (Å²) in [5.74, 6) is 0. The van der Waals surface area contributed by atoms with Crippen molar-refractivity contribution in [1.29, 1.82) is 0 Å². The number of nitro benzene ring substituents is 1. The zero-order valence-electron chi connectivity index (χ0n) is 14.1. The van der Waals surface area contributed by atoms with Gasteiger partial charge in [0.15, 0.2) is 6.23 Å². The van der Waals surface area contributed by atoms with Crippen LogP contribution in [0.5, 0.6) is 0 Å². The van der Waals surface area contributed by atoms with Crippen LogP contribution in [0.3, 0.4) is 0 Å². The first-order valence-corrected chi connectivity index (χ1v) is 8.60. The van der Waals surface area contributed by atoms with E-state index in [1.165, 1.54) is 6.07 Å². The fourth-order valence-electron chi connectivity index (χ4n) is 3.16. The van der Waals surface area contributed by atoms with Gasteiger partial charge in [-0.1, -0.05) is 6.07 Å². The van der Waals surface area contributed by atoms with Crippen LogP contribution in [-0.4, -0.2) is 26.3 Å². The molecule has 3 aromatic rings. The molecule has 26 heavy (non-hydrogen) atoms. The first-order valence-electron chi connectivity index (χ1n) is 8.60. The maximum absolute atomic E-state index is 11.2. The monoisotopic (exact) mass is 350 g/mol. The molecule has 1 fully saturated rings. The maximum Gasteiger partial charge on any atom is 0.271 e. The van der Waals surface area contributed by atoms with Gasteiger partial charge in [-0.2, -0.15) is 5.10 Å². The molecule has 0 unspecified atom stereocenters. The van der Waals surface area contributed by atoms with E-state index in [0.29, 0.717) is 12.1 Å². The van der Waals surface area contributed by atoms with Gasteiger partial charge >= 0.3 is 0 Å². The predicted octanol–water partition coefficient (Wildman–Crippen LogP) is 4.21. The van der Waals surface area contributed by atoms with Crippen molar-refractivity contribution >= 4 is 28.7 Å². The lowest BCUT2D eigenvalue weighted by molar-refractivity contribution is -0.384. The average molecular weight is 350 g/mol. The molecule has 4 rings (SSSR count). The van der Waals surface area contributed by atoms with Crippen molar-refractivity contribution in [3.05, 3.63) is 64.1 Å². The van der Waals surface area contributed by atoms with Gasteiger partial charge in [-0.15, -0.1) is 0 Å². The van der Waals surface area contributed by atoms with Gasteiger partial charge < -0.3 is 4.74 Å². The van der Waals surface area contributed by atoms with Crippen LogP contribution in [0, 0.1) is 10.1 Å². The fraction of sp³-hybridized carbons (Fsp3) is 0.263. The number of non-ortho nitro benzene ring substituents is 1. The fourth-order valence-corrected chi connectivity index (χ4v) is 3.16. The van der Waals surface area contributed by atoms with Gasteiger partial charge in [0.2, 0.25) is 0 Å². The molecule has 0 radical (unpaired) electrons. The van der Waals surface area contributed by atoms with Crippen LogP contribution in [-0.2, 0) is 4.74 Å². The van der Waals surface area contributed by atoms with Crippen LogP contribution in [0.2, 0.25) is 0 Å². The Balaban J connectivity index is 1.79. The predicted molar refractivity (Wildman–Crippen MR) is 98.4 cm³/mol. The number of pyridine rings is 1. The van der Waals surface area contributed by atoms with Crippen molar-refractivity contribution in [2.75, 3.05) is 6.61 Å². The quantitative estimate of drug-likeness (QED) is 0.520. The standard InChI is InChI=1S/C19H18N4O3/c24-23(25)15-8-9-16-17(10-7-14-5-1-3-11-20-14)21-22(18(16)13-15)19-6-2-4-12-26-19/h1,3,5,7-11,13,19H,2,4,6,12H2/b10-7+/t19-/m0/s1. The average Bonchev–Trinajstić information content (AvgIpc) is 3.06. The summed E-state index contributed by atoms with van der Waals surface area (Å²) in [6.45, 7) is 0.681. The van der Waals surface area contributed by atoms with E-state index in [1.807, 2.05) is 30.4 Å². The Morgan fingerprint density at radius 3 is 2.88 bits per heavy atom. The second-order valence-corrected chi connectivity index (χ2v) is 6.20. The molecule has 1 aliphatic rings. The molecule has 2 aromatic heterocycles. The van der Waals surface area contributed by atoms with Crippen LogP contribution in [0.15, 0.2) is 42.6 Å². The molecule has 0 N–H and O–H groups in total. The number of aromatic nitrogens is 3. The minimum absolute atomic E-state index is 0.0507. The number of fused-ring (bicyclic) bond motifs is 1. The van der Waals surface area contributed by atoms with Crippen LogP contribution in [0.4, 0.5) is 5.69 Å². The number of benzene rings is 1. The molecule has 0 spiro atoms. The Bertz CT molecular complexity index is 960. The second-order valence-electron chi connectivity index (χ2n) is 6.20. The molecule has 7 nitrogen and oxygen atoms in total. The van der Waals surface area contributed by atoms with Crippen molar-refractivity contribution in [2.45, 2.75) is 25.5 Å². The minimum Gasteiger partial charge on any atom is -0.356 e. The molecule has 0 bridgehead atoms. The highest BCUT2D eigenvalue weighted by Gasteiger charge is 2.22. The Labute approximate surface area is 150 Å². The molecule has 7 heteroatoms. The third-order valence-corrected chi connectivity index (χ3v) is 4.46. The van der Waals surface area contributed by atoms with E-state index in [-0.39, 0.29) is 16.8 Å². The van der Waals surface area contributed by atoms with Crippen molar-refractivity contribution in [3.63, 3.8) is 0 Å². The van der Waals surface area contributed by atoms with Gasteiger partial charge in [0.05, 0.1) is 21.8 Å². The van der Waals surface area contributed by atoms with Gasteiger partial charge in [0, 0.05) is 30.3 Å². The summed E-state index contributed by atoms with van der Waals surface area (Å²) >= 11 is 0. The van der Waals surface area contributed by atoms with Crippen molar-refractivity contribution in [3.8, 4) is 0 Å². The normalized spacial score (nSPS) is 17.8. The number of hydrogen-bond donors (Lipinski definition) is 0. The van der Waals surface area contributed by atoms with Gasteiger partial charge in [-0.3, -0.25) is 15.1 Å². The maximum atomic E-state index is 11.2. The molecule has 0 aliphatic carbocycles. The van der Waals surface area contributed by atoms with Gasteiger partial charge in [-0.25, -0.2) is 4.68 Å². The van der Waals surface area contributed by atoms with E-state index >= 15 is 0 Å². The minimum atomic E-state index is -0.387. The smallest absolute Gasteiger partial charge is 0.271 e. The van der Waals surface area contributed by atoms with Crippen molar-refractivity contribution in [1.82, 2.24) is 14.8 Å². The number of rotatable bonds is 4. The zero-order valence-corrected chi connectivity index (χ0v) is 14.1. The van der Waals surface area contributed by atoms with E-state index in [4.69, 9.17) is 4.74 Å². The molecule has 3 heterocycles. The van der Waals surface area contributed by atoms with E-state index in [1.54, 1.807) is 23.0 Å². The number of nitrogens with zero attached hydrogens (tertiary/aromatic N) is 4. The lowest BCUT2D eigenvalue weighted by Crippen LogP contribution is -2.19. The summed E-state index contributed by atoms with van der Waals surface area (Å²) in [7, 11) is 0. The van der Waals surface area contributed by atoms with Crippen LogP contribution in [0.1, 0.15) is 36.9 Å². The molecular weight excluding hydrogens is 332 g/mol. The lowest BCUT2D eigenvalue weighted by atomic mass is 10.1. The summed E-state index contributed by atoms with van der Waals surface area (Å²) in [4.78, 5) is 15.1. The highest BCUT2D eigenvalue weighted by molar-refractivity contribution is 5.91.